The van der Waals surface area contributed by atoms with Crippen molar-refractivity contribution < 1.29 is 28.6 Å². The Labute approximate surface area is 182 Å². The highest BCUT2D eigenvalue weighted by atomic mass is 16.5. The second-order valence-corrected chi connectivity index (χ2v) is 6.61. The summed E-state index contributed by atoms with van der Waals surface area (Å²) in [4.78, 5) is 35.3. The number of rotatable bonds is 11. The quantitative estimate of drug-likeness (QED) is 0.328. The first-order valence-corrected chi connectivity index (χ1v) is 10.1. The van der Waals surface area contributed by atoms with E-state index in [2.05, 4.69) is 5.32 Å². The second kappa shape index (κ2) is 12.2. The van der Waals surface area contributed by atoms with Crippen molar-refractivity contribution in [2.24, 2.45) is 0 Å². The number of nitrogens with one attached hydrogen (secondary N) is 1. The van der Waals surface area contributed by atoms with Gasteiger partial charge in [0.05, 0.1) is 13.2 Å². The van der Waals surface area contributed by atoms with Gasteiger partial charge in [0.1, 0.15) is 0 Å². The average Bonchev–Trinajstić information content (AvgIpc) is 2.76. The minimum absolute atomic E-state index is 0.106. The van der Waals surface area contributed by atoms with Gasteiger partial charge in [-0.1, -0.05) is 25.1 Å². The molecule has 1 N–H and O–H groups in total. The molecule has 1 amide bonds. The summed E-state index contributed by atoms with van der Waals surface area (Å²) in [5.41, 5.74) is 1.67. The number of ether oxygens (including phenoxy) is 3. The molecule has 2 aromatic carbocycles. The summed E-state index contributed by atoms with van der Waals surface area (Å²) in [6, 6.07) is 11.9. The molecule has 0 atom stereocenters. The predicted octanol–water partition coefficient (Wildman–Crippen LogP) is 4.27. The van der Waals surface area contributed by atoms with E-state index in [1.807, 2.05) is 13.8 Å². The zero-order valence-corrected chi connectivity index (χ0v) is 18.0. The first-order valence-electron chi connectivity index (χ1n) is 10.1. The van der Waals surface area contributed by atoms with Gasteiger partial charge in [-0.3, -0.25) is 9.59 Å². The molecule has 2 aromatic rings. The number of carbonyl (C=O) groups excluding carboxylic acids is 3. The van der Waals surface area contributed by atoms with Crippen molar-refractivity contribution >= 4 is 29.4 Å². The highest BCUT2D eigenvalue weighted by Gasteiger charge is 2.08. The zero-order chi connectivity index (χ0) is 22.6. The van der Waals surface area contributed by atoms with Crippen LogP contribution in [0.5, 0.6) is 11.5 Å². The Morgan fingerprint density at radius 2 is 1.81 bits per heavy atom. The molecular weight excluding hydrogens is 398 g/mol. The first kappa shape index (κ1) is 23.7. The molecule has 0 heterocycles. The molecule has 0 aromatic heterocycles. The van der Waals surface area contributed by atoms with Crippen molar-refractivity contribution in [2.75, 3.05) is 25.1 Å². The van der Waals surface area contributed by atoms with Crippen LogP contribution in [0.15, 0.2) is 48.5 Å². The van der Waals surface area contributed by atoms with Crippen LogP contribution in [0, 0.1) is 0 Å². The number of benzene rings is 2. The van der Waals surface area contributed by atoms with E-state index in [0.717, 1.165) is 12.0 Å². The van der Waals surface area contributed by atoms with Crippen LogP contribution < -0.4 is 14.8 Å². The average molecular weight is 425 g/mol. The van der Waals surface area contributed by atoms with Crippen LogP contribution in [0.2, 0.25) is 0 Å². The lowest BCUT2D eigenvalue weighted by atomic mass is 10.1. The van der Waals surface area contributed by atoms with Crippen LogP contribution in [0.25, 0.3) is 6.08 Å². The lowest BCUT2D eigenvalue weighted by molar-refractivity contribution is -0.142. The third-order valence-corrected chi connectivity index (χ3v) is 4.04. The van der Waals surface area contributed by atoms with E-state index < -0.39 is 18.5 Å². The molecule has 0 saturated heterocycles. The molecule has 0 aliphatic carbocycles. The van der Waals surface area contributed by atoms with E-state index in [4.69, 9.17) is 14.2 Å². The molecule has 0 fully saturated rings. The highest BCUT2D eigenvalue weighted by molar-refractivity contribution is 5.98. The minimum atomic E-state index is -0.656. The van der Waals surface area contributed by atoms with Gasteiger partial charge in [-0.15, -0.1) is 0 Å². The van der Waals surface area contributed by atoms with E-state index in [9.17, 15) is 14.4 Å². The molecule has 164 valence electrons. The number of carbonyl (C=O) groups is 3. The summed E-state index contributed by atoms with van der Waals surface area (Å²) in [5, 5.41) is 2.59. The summed E-state index contributed by atoms with van der Waals surface area (Å²) < 4.78 is 16.2. The fourth-order valence-electron chi connectivity index (χ4n) is 2.59. The van der Waals surface area contributed by atoms with Crippen LogP contribution in [0.4, 0.5) is 5.69 Å². The molecule has 0 bridgehead atoms. The Morgan fingerprint density at radius 3 is 2.52 bits per heavy atom. The number of ketones is 1. The molecule has 0 radical (unpaired) electrons. The lowest BCUT2D eigenvalue weighted by Gasteiger charge is -2.12. The molecule has 0 unspecified atom stereocenters. The molecular formula is C24H27NO6. The maximum Gasteiger partial charge on any atom is 0.331 e. The summed E-state index contributed by atoms with van der Waals surface area (Å²) in [6.07, 6.45) is 3.69. The Bertz CT molecular complexity index is 951. The van der Waals surface area contributed by atoms with Gasteiger partial charge in [0.15, 0.2) is 23.9 Å². The number of amides is 1. The fraction of sp³-hybridized carbons (Fsp3) is 0.292. The number of Topliss-reactive ketones (excluding diaryl/α,β-unsaturated/α-hetero) is 1. The Hall–Kier alpha value is -3.61. The Morgan fingerprint density at radius 1 is 1.00 bits per heavy atom. The molecule has 31 heavy (non-hydrogen) atoms. The maximum atomic E-state index is 12.0. The van der Waals surface area contributed by atoms with Gasteiger partial charge in [0.2, 0.25) is 0 Å². The van der Waals surface area contributed by atoms with Crippen molar-refractivity contribution in [1.29, 1.82) is 0 Å². The third-order valence-electron chi connectivity index (χ3n) is 4.04. The van der Waals surface area contributed by atoms with Gasteiger partial charge in [-0.2, -0.15) is 0 Å². The SMILES string of the molecule is CCCOc1ccc(/C=C/C(=O)OCC(=O)Nc2cccc(C(C)=O)c2)cc1OCC. The van der Waals surface area contributed by atoms with Crippen molar-refractivity contribution in [3.8, 4) is 11.5 Å². The van der Waals surface area contributed by atoms with Crippen molar-refractivity contribution in [3.05, 3.63) is 59.7 Å². The van der Waals surface area contributed by atoms with Crippen molar-refractivity contribution in [3.63, 3.8) is 0 Å². The molecule has 0 aliphatic heterocycles. The van der Waals surface area contributed by atoms with Crippen LogP contribution in [-0.2, 0) is 14.3 Å². The van der Waals surface area contributed by atoms with Crippen molar-refractivity contribution in [1.82, 2.24) is 0 Å². The number of anilines is 1. The summed E-state index contributed by atoms with van der Waals surface area (Å²) >= 11 is 0. The molecule has 0 saturated carbocycles. The van der Waals surface area contributed by atoms with Gasteiger partial charge in [0.25, 0.3) is 5.91 Å². The van der Waals surface area contributed by atoms with Crippen molar-refractivity contribution in [2.45, 2.75) is 27.2 Å². The Kier molecular flexibility index (Phi) is 9.29. The van der Waals surface area contributed by atoms with Gasteiger partial charge >= 0.3 is 5.97 Å². The summed E-state index contributed by atoms with van der Waals surface area (Å²) in [6.45, 7) is 5.97. The van der Waals surface area contributed by atoms with Gasteiger partial charge in [0, 0.05) is 17.3 Å². The largest absolute Gasteiger partial charge is 0.490 e. The maximum absolute atomic E-state index is 12.0. The van der Waals surface area contributed by atoms with Crippen LogP contribution in [0.3, 0.4) is 0 Å². The van der Waals surface area contributed by atoms with Crippen LogP contribution >= 0.6 is 0 Å². The molecule has 2 rings (SSSR count). The molecule has 0 spiro atoms. The highest BCUT2D eigenvalue weighted by Crippen LogP contribution is 2.29. The van der Waals surface area contributed by atoms with E-state index in [0.29, 0.717) is 36.0 Å². The summed E-state index contributed by atoms with van der Waals surface area (Å²) in [7, 11) is 0. The lowest BCUT2D eigenvalue weighted by Crippen LogP contribution is -2.20. The summed E-state index contributed by atoms with van der Waals surface area (Å²) in [5.74, 6) is -0.0203. The smallest absolute Gasteiger partial charge is 0.331 e. The Balaban J connectivity index is 1.90. The van der Waals surface area contributed by atoms with Crippen LogP contribution in [-0.4, -0.2) is 37.5 Å². The molecule has 7 nitrogen and oxygen atoms in total. The van der Waals surface area contributed by atoms with Gasteiger partial charge in [-0.25, -0.2) is 4.79 Å². The van der Waals surface area contributed by atoms with Gasteiger partial charge in [-0.05, 0) is 56.2 Å². The normalized spacial score (nSPS) is 10.5. The fourth-order valence-corrected chi connectivity index (χ4v) is 2.59. The topological polar surface area (TPSA) is 90.9 Å². The molecule has 7 heteroatoms. The third kappa shape index (κ3) is 7.97. The van der Waals surface area contributed by atoms with E-state index in [-0.39, 0.29) is 5.78 Å². The number of hydrogen-bond acceptors (Lipinski definition) is 6. The second-order valence-electron chi connectivity index (χ2n) is 6.61. The van der Waals surface area contributed by atoms with Gasteiger partial charge < -0.3 is 19.5 Å². The van der Waals surface area contributed by atoms with Crippen LogP contribution in [0.1, 0.15) is 43.1 Å². The first-order chi connectivity index (χ1) is 14.9. The minimum Gasteiger partial charge on any atom is -0.490 e. The standard InChI is InChI=1S/C24H27NO6/c1-4-13-30-21-11-9-18(14-22(21)29-5-2)10-12-24(28)31-16-23(27)25-20-8-6-7-19(15-20)17(3)26/h6-12,14-15H,4-5,13,16H2,1-3H3,(H,25,27)/b12-10+. The molecule has 0 aliphatic rings. The predicted molar refractivity (Wildman–Crippen MR) is 118 cm³/mol. The number of esters is 1. The van der Waals surface area contributed by atoms with E-state index in [1.54, 1.807) is 48.5 Å². The zero-order valence-electron chi connectivity index (χ0n) is 18.0. The monoisotopic (exact) mass is 425 g/mol. The van der Waals surface area contributed by atoms with E-state index in [1.165, 1.54) is 13.0 Å². The number of hydrogen-bond donors (Lipinski definition) is 1. The van der Waals surface area contributed by atoms with E-state index >= 15 is 0 Å².